The fourth-order valence-corrected chi connectivity index (χ4v) is 3.99. The Balaban J connectivity index is 1.12. The predicted octanol–water partition coefficient (Wildman–Crippen LogP) is 2.07. The van der Waals surface area contributed by atoms with Crippen molar-refractivity contribution in [2.45, 2.75) is 76.0 Å². The van der Waals surface area contributed by atoms with Crippen molar-refractivity contribution in [3.8, 4) is 0 Å². The molecule has 5 nitrogen and oxygen atoms in total. The Labute approximate surface area is 131 Å². The molecule has 0 aromatic rings. The number of epoxide rings is 2. The van der Waals surface area contributed by atoms with Crippen molar-refractivity contribution in [2.24, 2.45) is 11.8 Å². The van der Waals surface area contributed by atoms with Gasteiger partial charge in [-0.2, -0.15) is 0 Å². The molecule has 0 radical (unpaired) electrons. The van der Waals surface area contributed by atoms with Gasteiger partial charge in [-0.25, -0.2) is 0 Å². The van der Waals surface area contributed by atoms with Gasteiger partial charge in [-0.3, -0.25) is 4.79 Å². The minimum Gasteiger partial charge on any atom is -0.460 e. The maximum atomic E-state index is 12.1. The Bertz CT molecular complexity index is 425. The van der Waals surface area contributed by atoms with Crippen molar-refractivity contribution in [1.82, 2.24) is 0 Å². The highest BCUT2D eigenvalue weighted by atomic mass is 16.6. The summed E-state index contributed by atoms with van der Waals surface area (Å²) in [7, 11) is 0. The van der Waals surface area contributed by atoms with E-state index in [0.717, 1.165) is 32.3 Å². The van der Waals surface area contributed by atoms with Gasteiger partial charge in [0.1, 0.15) is 6.10 Å². The second kappa shape index (κ2) is 6.10. The van der Waals surface area contributed by atoms with E-state index < -0.39 is 0 Å². The van der Waals surface area contributed by atoms with Crippen LogP contribution in [0.15, 0.2) is 0 Å². The fraction of sp³-hybridized carbons (Fsp3) is 0.941. The lowest BCUT2D eigenvalue weighted by molar-refractivity contribution is -0.157. The van der Waals surface area contributed by atoms with Crippen molar-refractivity contribution in [1.29, 1.82) is 0 Å². The van der Waals surface area contributed by atoms with Gasteiger partial charge in [0.25, 0.3) is 0 Å². The molecule has 2 saturated heterocycles. The Kier molecular flexibility index (Phi) is 4.13. The van der Waals surface area contributed by atoms with Crippen LogP contribution in [0.4, 0.5) is 0 Å². The molecular weight excluding hydrogens is 284 g/mol. The summed E-state index contributed by atoms with van der Waals surface area (Å²) < 4.78 is 22.3. The zero-order valence-electron chi connectivity index (χ0n) is 13.2. The quantitative estimate of drug-likeness (QED) is 0.555. The fourth-order valence-electron chi connectivity index (χ4n) is 3.99. The zero-order chi connectivity index (χ0) is 15.1. The minimum absolute atomic E-state index is 0.0218. The summed E-state index contributed by atoms with van der Waals surface area (Å²) in [4.78, 5) is 12.1. The molecule has 7 unspecified atom stereocenters. The first kappa shape index (κ1) is 14.9. The number of fused-ring (bicyclic) bond motifs is 2. The van der Waals surface area contributed by atoms with Crippen LogP contribution in [0.5, 0.6) is 0 Å². The lowest BCUT2D eigenvalue weighted by Crippen LogP contribution is -2.29. The van der Waals surface area contributed by atoms with Gasteiger partial charge in [0.2, 0.25) is 0 Å². The monoisotopic (exact) mass is 310 g/mol. The van der Waals surface area contributed by atoms with Gasteiger partial charge < -0.3 is 18.9 Å². The first-order chi connectivity index (χ1) is 10.7. The summed E-state index contributed by atoms with van der Waals surface area (Å²) in [6, 6.07) is 0. The van der Waals surface area contributed by atoms with Gasteiger partial charge >= 0.3 is 5.97 Å². The number of ether oxygens (including phenoxy) is 4. The predicted molar refractivity (Wildman–Crippen MR) is 78.4 cm³/mol. The molecule has 0 N–H and O–H groups in total. The van der Waals surface area contributed by atoms with Crippen LogP contribution in [0.3, 0.4) is 0 Å². The average molecular weight is 310 g/mol. The molecule has 2 aliphatic carbocycles. The van der Waals surface area contributed by atoms with E-state index in [-0.39, 0.29) is 18.0 Å². The van der Waals surface area contributed by atoms with Gasteiger partial charge in [-0.05, 0) is 51.4 Å². The highest BCUT2D eigenvalue weighted by Gasteiger charge is 2.46. The molecule has 2 heterocycles. The van der Waals surface area contributed by atoms with Crippen LogP contribution in [0.2, 0.25) is 0 Å². The molecule has 0 spiro atoms. The maximum Gasteiger partial charge on any atom is 0.309 e. The van der Waals surface area contributed by atoms with Gasteiger partial charge in [0.05, 0.1) is 36.9 Å². The second-order valence-corrected chi connectivity index (χ2v) is 7.40. The van der Waals surface area contributed by atoms with E-state index in [1.807, 2.05) is 6.92 Å². The van der Waals surface area contributed by atoms with Crippen LogP contribution in [-0.4, -0.2) is 49.7 Å². The molecular formula is C17H26O5. The highest BCUT2D eigenvalue weighted by Crippen LogP contribution is 2.40. The highest BCUT2D eigenvalue weighted by molar-refractivity contribution is 5.73. The summed E-state index contributed by atoms with van der Waals surface area (Å²) in [6.45, 7) is 3.17. The van der Waals surface area contributed by atoms with E-state index >= 15 is 0 Å². The normalized spacial score (nSPS) is 43.7. The molecule has 4 aliphatic rings. The summed E-state index contributed by atoms with van der Waals surface area (Å²) in [5, 5.41) is 0. The van der Waals surface area contributed by atoms with Crippen molar-refractivity contribution < 1.29 is 23.7 Å². The minimum atomic E-state index is -0.168. The van der Waals surface area contributed by atoms with E-state index in [1.165, 1.54) is 12.8 Å². The van der Waals surface area contributed by atoms with Crippen molar-refractivity contribution in [2.75, 3.05) is 13.2 Å². The van der Waals surface area contributed by atoms with Gasteiger partial charge in [0.15, 0.2) is 0 Å². The van der Waals surface area contributed by atoms with E-state index in [9.17, 15) is 4.79 Å². The molecule has 2 saturated carbocycles. The van der Waals surface area contributed by atoms with Crippen molar-refractivity contribution in [3.63, 3.8) is 0 Å². The van der Waals surface area contributed by atoms with Crippen molar-refractivity contribution >= 4 is 5.97 Å². The maximum absolute atomic E-state index is 12.1. The van der Waals surface area contributed by atoms with Crippen LogP contribution >= 0.6 is 0 Å². The Hall–Kier alpha value is -0.650. The third-order valence-corrected chi connectivity index (χ3v) is 5.47. The number of carbonyl (C=O) groups excluding carboxylic acids is 1. The third kappa shape index (κ3) is 3.47. The SMILES string of the molecule is CC(COCC1CCC2OC2C1)OC(=O)C1CCC2OC2C1. The molecule has 7 atom stereocenters. The number of esters is 1. The van der Waals surface area contributed by atoms with E-state index in [0.29, 0.717) is 36.9 Å². The van der Waals surface area contributed by atoms with Crippen LogP contribution in [0.25, 0.3) is 0 Å². The number of carbonyl (C=O) groups is 1. The molecule has 4 rings (SSSR count). The van der Waals surface area contributed by atoms with Crippen LogP contribution in [0, 0.1) is 11.8 Å². The lowest BCUT2D eigenvalue weighted by atomic mass is 9.89. The first-order valence-electron chi connectivity index (χ1n) is 8.78. The standard InChI is InChI=1S/C17H26O5/c1-10(8-19-9-11-2-4-13-15(6-11)21-13)20-17(18)12-3-5-14-16(7-12)22-14/h10-16H,2-9H2,1H3. The first-order valence-corrected chi connectivity index (χ1v) is 8.78. The molecule has 0 bridgehead atoms. The number of rotatable bonds is 6. The zero-order valence-corrected chi connectivity index (χ0v) is 13.2. The summed E-state index contributed by atoms with van der Waals surface area (Å²) in [6.07, 6.45) is 7.85. The van der Waals surface area contributed by atoms with E-state index in [4.69, 9.17) is 18.9 Å². The molecule has 0 aromatic heterocycles. The molecule has 22 heavy (non-hydrogen) atoms. The van der Waals surface area contributed by atoms with Gasteiger partial charge in [-0.1, -0.05) is 0 Å². The molecule has 0 amide bonds. The largest absolute Gasteiger partial charge is 0.460 e. The van der Waals surface area contributed by atoms with Crippen molar-refractivity contribution in [3.05, 3.63) is 0 Å². The lowest BCUT2D eigenvalue weighted by Gasteiger charge is -2.22. The Morgan fingerprint density at radius 1 is 1.05 bits per heavy atom. The average Bonchev–Trinajstić information content (AvgIpc) is 3.40. The summed E-state index contributed by atoms with van der Waals surface area (Å²) >= 11 is 0. The molecule has 5 heteroatoms. The second-order valence-electron chi connectivity index (χ2n) is 7.40. The smallest absolute Gasteiger partial charge is 0.309 e. The topological polar surface area (TPSA) is 60.6 Å². The number of hydrogen-bond donors (Lipinski definition) is 0. The molecule has 124 valence electrons. The van der Waals surface area contributed by atoms with Gasteiger partial charge in [-0.15, -0.1) is 0 Å². The van der Waals surface area contributed by atoms with Crippen LogP contribution < -0.4 is 0 Å². The molecule has 2 aliphatic heterocycles. The van der Waals surface area contributed by atoms with Gasteiger partial charge in [0, 0.05) is 6.61 Å². The molecule has 4 fully saturated rings. The Morgan fingerprint density at radius 3 is 2.50 bits per heavy atom. The Morgan fingerprint density at radius 2 is 1.77 bits per heavy atom. The number of hydrogen-bond acceptors (Lipinski definition) is 5. The van der Waals surface area contributed by atoms with E-state index in [2.05, 4.69) is 0 Å². The third-order valence-electron chi connectivity index (χ3n) is 5.47. The molecule has 0 aromatic carbocycles. The summed E-state index contributed by atoms with van der Waals surface area (Å²) in [5.74, 6) is 0.555. The van der Waals surface area contributed by atoms with Crippen LogP contribution in [-0.2, 0) is 23.7 Å². The summed E-state index contributed by atoms with van der Waals surface area (Å²) in [5.41, 5.74) is 0. The van der Waals surface area contributed by atoms with Crippen LogP contribution in [0.1, 0.15) is 45.4 Å². The van der Waals surface area contributed by atoms with E-state index in [1.54, 1.807) is 0 Å².